The number of carbonyl (C=O) groups excluding carboxylic acids is 2. The Bertz CT molecular complexity index is 1070. The summed E-state index contributed by atoms with van der Waals surface area (Å²) in [4.78, 5) is 32.5. The van der Waals surface area contributed by atoms with E-state index in [2.05, 4.69) is 4.98 Å². The number of amides is 1. The van der Waals surface area contributed by atoms with Crippen LogP contribution in [0.25, 0.3) is 0 Å². The summed E-state index contributed by atoms with van der Waals surface area (Å²) in [5.74, 6) is -1.03. The number of sulfonamides is 1. The third-order valence-electron chi connectivity index (χ3n) is 5.52. The fourth-order valence-corrected chi connectivity index (χ4v) is 6.45. The number of ether oxygens (including phenoxy) is 1. The second-order valence-electron chi connectivity index (χ2n) is 8.05. The number of thiazole rings is 1. The van der Waals surface area contributed by atoms with Crippen LogP contribution in [0.3, 0.4) is 0 Å². The molecule has 1 aliphatic heterocycles. The maximum atomic E-state index is 13.7. The molecule has 0 radical (unpaired) electrons. The van der Waals surface area contributed by atoms with E-state index in [0.29, 0.717) is 41.5 Å². The molecular formula is C23H31N3O5S2. The molecule has 1 saturated heterocycles. The highest BCUT2D eigenvalue weighted by molar-refractivity contribution is 7.89. The molecule has 1 unspecified atom stereocenters. The van der Waals surface area contributed by atoms with E-state index in [0.717, 1.165) is 16.9 Å². The van der Waals surface area contributed by atoms with E-state index in [1.807, 2.05) is 37.3 Å². The first-order valence-corrected chi connectivity index (χ1v) is 13.7. The summed E-state index contributed by atoms with van der Waals surface area (Å²) in [6.07, 6.45) is 1.77. The molecule has 2 heterocycles. The van der Waals surface area contributed by atoms with Crippen molar-refractivity contribution in [3.8, 4) is 0 Å². The van der Waals surface area contributed by atoms with Gasteiger partial charge in [-0.05, 0) is 38.7 Å². The minimum atomic E-state index is -3.38. The van der Waals surface area contributed by atoms with Crippen molar-refractivity contribution in [2.75, 3.05) is 30.3 Å². The number of hydrogen-bond acceptors (Lipinski definition) is 7. The molecule has 1 aromatic heterocycles. The predicted molar refractivity (Wildman–Crippen MR) is 129 cm³/mol. The lowest BCUT2D eigenvalue weighted by Gasteiger charge is -2.33. The average Bonchev–Trinajstić information content (AvgIpc) is 3.19. The van der Waals surface area contributed by atoms with Gasteiger partial charge in [0.15, 0.2) is 5.13 Å². The van der Waals surface area contributed by atoms with Crippen molar-refractivity contribution in [3.05, 3.63) is 46.5 Å². The summed E-state index contributed by atoms with van der Waals surface area (Å²) in [6, 6.07) is 9.54. The van der Waals surface area contributed by atoms with Crippen LogP contribution in [0.2, 0.25) is 0 Å². The predicted octanol–water partition coefficient (Wildman–Crippen LogP) is 3.61. The lowest BCUT2D eigenvalue weighted by atomic mass is 9.98. The molecule has 2 aromatic rings. The Morgan fingerprint density at radius 1 is 1.24 bits per heavy atom. The summed E-state index contributed by atoms with van der Waals surface area (Å²) in [5.41, 5.74) is 1.43. The number of esters is 1. The maximum absolute atomic E-state index is 13.7. The fourth-order valence-electron chi connectivity index (χ4n) is 3.89. The molecule has 10 heteroatoms. The molecule has 1 fully saturated rings. The highest BCUT2D eigenvalue weighted by Gasteiger charge is 2.35. The van der Waals surface area contributed by atoms with Crippen LogP contribution in [-0.2, 0) is 26.1 Å². The lowest BCUT2D eigenvalue weighted by Crippen LogP contribution is -2.47. The third kappa shape index (κ3) is 6.18. The number of piperidine rings is 1. The van der Waals surface area contributed by atoms with E-state index in [1.165, 1.54) is 4.31 Å². The van der Waals surface area contributed by atoms with Crippen molar-refractivity contribution in [2.45, 2.75) is 46.6 Å². The zero-order valence-corrected chi connectivity index (χ0v) is 21.0. The molecule has 1 amide bonds. The second kappa shape index (κ2) is 11.2. The summed E-state index contributed by atoms with van der Waals surface area (Å²) in [7, 11) is -3.38. The number of aryl methyl sites for hydroxylation is 1. The SMILES string of the molecule is CCCS(=O)(=O)N1CCCC(C(=O)N(Cc2ccccc2)c2nc(C)c(C(=O)OCC)s2)C1. The van der Waals surface area contributed by atoms with Crippen molar-refractivity contribution in [2.24, 2.45) is 5.92 Å². The molecule has 3 rings (SSSR count). The molecule has 0 saturated carbocycles. The van der Waals surface area contributed by atoms with Gasteiger partial charge in [-0.25, -0.2) is 22.5 Å². The van der Waals surface area contributed by atoms with E-state index in [-0.39, 0.29) is 31.4 Å². The minimum absolute atomic E-state index is 0.0796. The quantitative estimate of drug-likeness (QED) is 0.495. The molecular weight excluding hydrogens is 462 g/mol. The van der Waals surface area contributed by atoms with Gasteiger partial charge in [0.25, 0.3) is 0 Å². The van der Waals surface area contributed by atoms with Crippen molar-refractivity contribution in [1.82, 2.24) is 9.29 Å². The van der Waals surface area contributed by atoms with E-state index in [1.54, 1.807) is 18.7 Å². The third-order valence-corrected chi connectivity index (χ3v) is 8.72. The van der Waals surface area contributed by atoms with Crippen molar-refractivity contribution >= 4 is 38.4 Å². The van der Waals surface area contributed by atoms with Gasteiger partial charge in [0.2, 0.25) is 15.9 Å². The van der Waals surface area contributed by atoms with Crippen LogP contribution in [0.4, 0.5) is 5.13 Å². The van der Waals surface area contributed by atoms with Gasteiger partial charge in [-0.1, -0.05) is 48.6 Å². The van der Waals surface area contributed by atoms with Gasteiger partial charge in [-0.3, -0.25) is 9.69 Å². The molecule has 0 bridgehead atoms. The molecule has 0 N–H and O–H groups in total. The zero-order valence-electron chi connectivity index (χ0n) is 19.3. The minimum Gasteiger partial charge on any atom is -0.462 e. The number of benzene rings is 1. The van der Waals surface area contributed by atoms with Crippen LogP contribution in [0.5, 0.6) is 0 Å². The Morgan fingerprint density at radius 2 is 1.97 bits per heavy atom. The number of rotatable bonds is 9. The molecule has 1 atom stereocenters. The summed E-state index contributed by atoms with van der Waals surface area (Å²) in [5, 5.41) is 0.415. The first-order chi connectivity index (χ1) is 15.8. The number of hydrogen-bond donors (Lipinski definition) is 0. The van der Waals surface area contributed by atoms with Gasteiger partial charge in [-0.15, -0.1) is 0 Å². The van der Waals surface area contributed by atoms with E-state index in [9.17, 15) is 18.0 Å². The Hall–Kier alpha value is -2.30. The normalized spacial score (nSPS) is 17.0. The van der Waals surface area contributed by atoms with Crippen LogP contribution in [0.1, 0.15) is 54.0 Å². The maximum Gasteiger partial charge on any atom is 0.350 e. The van der Waals surface area contributed by atoms with Gasteiger partial charge in [0.1, 0.15) is 4.88 Å². The van der Waals surface area contributed by atoms with Crippen molar-refractivity contribution in [3.63, 3.8) is 0 Å². The molecule has 0 spiro atoms. The monoisotopic (exact) mass is 493 g/mol. The highest BCUT2D eigenvalue weighted by Crippen LogP contribution is 2.31. The summed E-state index contributed by atoms with van der Waals surface area (Å²) in [6.45, 7) is 6.43. The molecule has 8 nitrogen and oxygen atoms in total. The lowest BCUT2D eigenvalue weighted by molar-refractivity contribution is -0.123. The number of carbonyl (C=O) groups is 2. The highest BCUT2D eigenvalue weighted by atomic mass is 32.2. The molecule has 180 valence electrons. The molecule has 1 aromatic carbocycles. The fraction of sp³-hybridized carbons (Fsp3) is 0.522. The Morgan fingerprint density at radius 3 is 2.64 bits per heavy atom. The van der Waals surface area contributed by atoms with E-state index >= 15 is 0 Å². The summed E-state index contributed by atoms with van der Waals surface area (Å²) >= 11 is 1.13. The number of aromatic nitrogens is 1. The van der Waals surface area contributed by atoms with Gasteiger partial charge in [-0.2, -0.15) is 0 Å². The average molecular weight is 494 g/mol. The van der Waals surface area contributed by atoms with Gasteiger partial charge in [0.05, 0.1) is 30.5 Å². The Labute approximate surface area is 199 Å². The van der Waals surface area contributed by atoms with Gasteiger partial charge in [0, 0.05) is 13.1 Å². The number of anilines is 1. The van der Waals surface area contributed by atoms with Crippen molar-refractivity contribution in [1.29, 1.82) is 0 Å². The second-order valence-corrected chi connectivity index (χ2v) is 11.1. The van der Waals surface area contributed by atoms with Gasteiger partial charge >= 0.3 is 5.97 Å². The zero-order chi connectivity index (χ0) is 24.0. The van der Waals surface area contributed by atoms with Crippen LogP contribution < -0.4 is 4.90 Å². The first kappa shape index (κ1) is 25.3. The molecule has 0 aliphatic carbocycles. The topological polar surface area (TPSA) is 96.9 Å². The summed E-state index contributed by atoms with van der Waals surface area (Å²) < 4.78 is 31.8. The Balaban J connectivity index is 1.90. The molecule has 1 aliphatic rings. The Kier molecular flexibility index (Phi) is 8.61. The van der Waals surface area contributed by atoms with Crippen LogP contribution in [-0.4, -0.2) is 55.0 Å². The number of nitrogens with zero attached hydrogens (tertiary/aromatic N) is 3. The van der Waals surface area contributed by atoms with Crippen LogP contribution >= 0.6 is 11.3 Å². The van der Waals surface area contributed by atoms with E-state index < -0.39 is 21.9 Å². The van der Waals surface area contributed by atoms with Crippen LogP contribution in [0, 0.1) is 12.8 Å². The first-order valence-electron chi connectivity index (χ1n) is 11.2. The van der Waals surface area contributed by atoms with Crippen LogP contribution in [0.15, 0.2) is 30.3 Å². The smallest absolute Gasteiger partial charge is 0.350 e. The largest absolute Gasteiger partial charge is 0.462 e. The van der Waals surface area contributed by atoms with Crippen molar-refractivity contribution < 1.29 is 22.7 Å². The standard InChI is InChI=1S/C23H31N3O5S2/c1-4-14-33(29,30)25-13-9-12-19(16-25)21(27)26(15-18-10-7-6-8-11-18)23-24-17(3)20(32-23)22(28)31-5-2/h6-8,10-11,19H,4-5,9,12-16H2,1-3H3. The van der Waals surface area contributed by atoms with E-state index in [4.69, 9.17) is 4.74 Å². The molecule has 33 heavy (non-hydrogen) atoms. The van der Waals surface area contributed by atoms with Gasteiger partial charge < -0.3 is 4.74 Å².